The SMILES string of the molecule is CCN1C(=O)c2c(OC)c(=O)c(I)c3n2[C@@H](CC3)[C@H]1OC. The van der Waals surface area contributed by atoms with Crippen molar-refractivity contribution in [2.45, 2.75) is 32.0 Å². The van der Waals surface area contributed by atoms with Crippen molar-refractivity contribution >= 4 is 28.5 Å². The Bertz CT molecular complexity index is 670. The zero-order valence-electron chi connectivity index (χ0n) is 12.2. The van der Waals surface area contributed by atoms with Gasteiger partial charge in [0.15, 0.2) is 17.7 Å². The van der Waals surface area contributed by atoms with Gasteiger partial charge in [-0.3, -0.25) is 9.59 Å². The summed E-state index contributed by atoms with van der Waals surface area (Å²) in [7, 11) is 3.06. The number of likely N-dealkylation sites (N-methyl/N-ethyl adjacent to an activating group) is 1. The molecule has 2 aliphatic heterocycles. The maximum absolute atomic E-state index is 12.8. The van der Waals surface area contributed by atoms with E-state index in [1.165, 1.54) is 7.11 Å². The number of amides is 1. The van der Waals surface area contributed by atoms with Crippen LogP contribution in [0.1, 0.15) is 35.6 Å². The molecule has 1 amide bonds. The Kier molecular flexibility index (Phi) is 3.73. The van der Waals surface area contributed by atoms with Gasteiger partial charge in [0.2, 0.25) is 5.43 Å². The minimum absolute atomic E-state index is 0.0423. The number of carbonyl (C=O) groups is 1. The minimum atomic E-state index is -0.292. The van der Waals surface area contributed by atoms with E-state index in [4.69, 9.17) is 9.47 Å². The topological polar surface area (TPSA) is 60.8 Å². The first-order valence-electron chi connectivity index (χ1n) is 6.91. The van der Waals surface area contributed by atoms with E-state index in [0.29, 0.717) is 15.8 Å². The van der Waals surface area contributed by atoms with Gasteiger partial charge in [0.1, 0.15) is 0 Å². The number of hydrogen-bond donors (Lipinski definition) is 0. The van der Waals surface area contributed by atoms with E-state index >= 15 is 0 Å². The van der Waals surface area contributed by atoms with Crippen LogP contribution in [0.3, 0.4) is 0 Å². The minimum Gasteiger partial charge on any atom is -0.491 e. The Morgan fingerprint density at radius 2 is 2.05 bits per heavy atom. The predicted octanol–water partition coefficient (Wildman–Crippen LogP) is 1.40. The number of carbonyl (C=O) groups excluding carboxylic acids is 1. The number of nitrogens with zero attached hydrogens (tertiary/aromatic N) is 2. The van der Waals surface area contributed by atoms with Crippen molar-refractivity contribution in [3.8, 4) is 5.75 Å². The molecule has 0 unspecified atom stereocenters. The Balaban J connectivity index is 2.35. The van der Waals surface area contributed by atoms with Gasteiger partial charge in [-0.1, -0.05) is 0 Å². The largest absolute Gasteiger partial charge is 0.491 e. The molecule has 0 spiro atoms. The third kappa shape index (κ3) is 1.86. The fraction of sp³-hybridized carbons (Fsp3) is 0.571. The molecule has 0 aromatic carbocycles. The lowest BCUT2D eigenvalue weighted by Crippen LogP contribution is -2.51. The van der Waals surface area contributed by atoms with Gasteiger partial charge in [0, 0.05) is 19.3 Å². The molecule has 0 radical (unpaired) electrons. The van der Waals surface area contributed by atoms with Crippen molar-refractivity contribution in [2.75, 3.05) is 20.8 Å². The van der Waals surface area contributed by atoms with E-state index in [0.717, 1.165) is 18.5 Å². The quantitative estimate of drug-likeness (QED) is 0.715. The van der Waals surface area contributed by atoms with E-state index in [1.807, 2.05) is 34.1 Å². The van der Waals surface area contributed by atoms with Crippen LogP contribution in [0.5, 0.6) is 5.75 Å². The Hall–Kier alpha value is -1.09. The Labute approximate surface area is 136 Å². The van der Waals surface area contributed by atoms with Crippen molar-refractivity contribution in [3.63, 3.8) is 0 Å². The fourth-order valence-corrected chi connectivity index (χ4v) is 4.20. The van der Waals surface area contributed by atoms with Crippen LogP contribution >= 0.6 is 22.6 Å². The van der Waals surface area contributed by atoms with Gasteiger partial charge in [-0.05, 0) is 42.4 Å². The molecule has 0 saturated carbocycles. The molecular weight excluding hydrogens is 387 g/mol. The van der Waals surface area contributed by atoms with Gasteiger partial charge < -0.3 is 18.9 Å². The van der Waals surface area contributed by atoms with Gasteiger partial charge in [0.05, 0.1) is 16.7 Å². The molecule has 0 bridgehead atoms. The van der Waals surface area contributed by atoms with Crippen LogP contribution in [0.4, 0.5) is 0 Å². The van der Waals surface area contributed by atoms with E-state index in [-0.39, 0.29) is 29.4 Å². The second-order valence-corrected chi connectivity index (χ2v) is 6.24. The summed E-state index contributed by atoms with van der Waals surface area (Å²) < 4.78 is 13.4. The number of hydrogen-bond acceptors (Lipinski definition) is 4. The summed E-state index contributed by atoms with van der Waals surface area (Å²) >= 11 is 2.05. The molecule has 3 heterocycles. The van der Waals surface area contributed by atoms with Crippen LogP contribution in [-0.2, 0) is 11.2 Å². The maximum atomic E-state index is 12.8. The Morgan fingerprint density at radius 1 is 1.33 bits per heavy atom. The average Bonchev–Trinajstić information content (AvgIpc) is 2.91. The van der Waals surface area contributed by atoms with Crippen LogP contribution in [0.2, 0.25) is 0 Å². The highest BCUT2D eigenvalue weighted by Crippen LogP contribution is 2.40. The third-order valence-electron chi connectivity index (χ3n) is 4.30. The van der Waals surface area contributed by atoms with Crippen molar-refractivity contribution < 1.29 is 14.3 Å². The summed E-state index contributed by atoms with van der Waals surface area (Å²) in [5, 5.41) is 0. The first-order chi connectivity index (χ1) is 10.1. The van der Waals surface area contributed by atoms with Gasteiger partial charge in [0.25, 0.3) is 5.91 Å². The van der Waals surface area contributed by atoms with Crippen LogP contribution in [-0.4, -0.2) is 42.4 Å². The van der Waals surface area contributed by atoms with Gasteiger partial charge in [-0.15, -0.1) is 0 Å². The second-order valence-electron chi connectivity index (χ2n) is 5.17. The molecule has 6 nitrogen and oxygen atoms in total. The van der Waals surface area contributed by atoms with Gasteiger partial charge in [-0.25, -0.2) is 0 Å². The smallest absolute Gasteiger partial charge is 0.276 e. The molecular formula is C14H17IN2O4. The van der Waals surface area contributed by atoms with Crippen LogP contribution in [0, 0.1) is 3.57 Å². The lowest BCUT2D eigenvalue weighted by molar-refractivity contribution is -0.0573. The zero-order valence-corrected chi connectivity index (χ0v) is 14.3. The fourth-order valence-electron chi connectivity index (χ4n) is 3.43. The van der Waals surface area contributed by atoms with Crippen LogP contribution < -0.4 is 10.2 Å². The number of halogens is 1. The predicted molar refractivity (Wildman–Crippen MR) is 84.8 cm³/mol. The second kappa shape index (κ2) is 5.28. The molecule has 0 saturated heterocycles. The lowest BCUT2D eigenvalue weighted by atomic mass is 10.1. The summed E-state index contributed by atoms with van der Waals surface area (Å²) in [6.07, 6.45) is 1.34. The molecule has 1 aromatic rings. The summed E-state index contributed by atoms with van der Waals surface area (Å²) in [6, 6.07) is 0.0423. The first kappa shape index (κ1) is 14.8. The molecule has 1 aromatic heterocycles. The molecule has 21 heavy (non-hydrogen) atoms. The van der Waals surface area contributed by atoms with Crippen molar-refractivity contribution in [1.82, 2.24) is 9.47 Å². The lowest BCUT2D eigenvalue weighted by Gasteiger charge is -2.40. The normalized spacial score (nSPS) is 23.4. The van der Waals surface area contributed by atoms with E-state index in [9.17, 15) is 9.59 Å². The number of rotatable bonds is 3. The molecule has 0 aliphatic carbocycles. The molecule has 2 atom stereocenters. The molecule has 0 fully saturated rings. The van der Waals surface area contributed by atoms with Crippen molar-refractivity contribution in [1.29, 1.82) is 0 Å². The highest BCUT2D eigenvalue weighted by Gasteiger charge is 2.45. The van der Waals surface area contributed by atoms with E-state index in [1.54, 1.807) is 12.0 Å². The summed E-state index contributed by atoms with van der Waals surface area (Å²) in [5.41, 5.74) is 1.10. The monoisotopic (exact) mass is 404 g/mol. The van der Waals surface area contributed by atoms with Crippen molar-refractivity contribution in [2.24, 2.45) is 0 Å². The van der Waals surface area contributed by atoms with Crippen LogP contribution in [0.25, 0.3) is 0 Å². The standard InChI is InChI=1S/C14H17IN2O4/c1-4-16-13(19)10-12(20-2)11(18)9(15)7-5-6-8(17(7)10)14(16)21-3/h8,14H,4-6H2,1-3H3/t8-,14+/m0/s1. The number of methoxy groups -OCH3 is 2. The molecule has 3 rings (SSSR count). The summed E-state index contributed by atoms with van der Waals surface area (Å²) in [5.74, 6) is -0.0536. The Morgan fingerprint density at radius 3 is 2.62 bits per heavy atom. The zero-order chi connectivity index (χ0) is 15.3. The van der Waals surface area contributed by atoms with E-state index in [2.05, 4.69) is 0 Å². The average molecular weight is 404 g/mol. The maximum Gasteiger partial charge on any atom is 0.276 e. The molecule has 0 N–H and O–H groups in total. The van der Waals surface area contributed by atoms with E-state index < -0.39 is 0 Å². The molecule has 2 aliphatic rings. The molecule has 114 valence electrons. The third-order valence-corrected chi connectivity index (χ3v) is 5.41. The highest BCUT2D eigenvalue weighted by molar-refractivity contribution is 14.1. The van der Waals surface area contributed by atoms with Crippen molar-refractivity contribution in [3.05, 3.63) is 25.2 Å². The number of aromatic nitrogens is 1. The number of pyridine rings is 1. The first-order valence-corrected chi connectivity index (χ1v) is 7.99. The molecule has 7 heteroatoms. The van der Waals surface area contributed by atoms with Crippen LogP contribution in [0.15, 0.2) is 4.79 Å². The highest BCUT2D eigenvalue weighted by atomic mass is 127. The summed E-state index contributed by atoms with van der Waals surface area (Å²) in [4.78, 5) is 26.9. The summed E-state index contributed by atoms with van der Waals surface area (Å²) in [6.45, 7) is 2.44. The van der Waals surface area contributed by atoms with Gasteiger partial charge >= 0.3 is 0 Å². The number of ether oxygens (including phenoxy) is 2. The van der Waals surface area contributed by atoms with Gasteiger partial charge in [-0.2, -0.15) is 0 Å².